The van der Waals surface area contributed by atoms with E-state index in [2.05, 4.69) is 23.0 Å². The number of aromatic nitrogens is 3. The number of hydrogen-bond donors (Lipinski definition) is 1. The van der Waals surface area contributed by atoms with Gasteiger partial charge >= 0.3 is 0 Å². The van der Waals surface area contributed by atoms with Crippen LogP contribution < -0.4 is 5.56 Å². The summed E-state index contributed by atoms with van der Waals surface area (Å²) in [5.74, 6) is -0.0656. The highest BCUT2D eigenvalue weighted by Gasteiger charge is 2.23. The Balaban J connectivity index is 1.75. The predicted molar refractivity (Wildman–Crippen MR) is 146 cm³/mol. The predicted octanol–water partition coefficient (Wildman–Crippen LogP) is 6.26. The van der Waals surface area contributed by atoms with Gasteiger partial charge in [-0.15, -0.1) is 0 Å². The molecular formula is C31H31FN4O2. The van der Waals surface area contributed by atoms with Crippen LogP contribution in [0.3, 0.4) is 0 Å². The third-order valence-corrected chi connectivity index (χ3v) is 6.82. The summed E-state index contributed by atoms with van der Waals surface area (Å²) in [4.78, 5) is 21.4. The van der Waals surface area contributed by atoms with Crippen molar-refractivity contribution in [3.63, 3.8) is 0 Å². The van der Waals surface area contributed by atoms with Crippen LogP contribution in [0.15, 0.2) is 65.5 Å². The molecule has 0 fully saturated rings. The maximum absolute atomic E-state index is 13.4. The molecule has 2 heterocycles. The van der Waals surface area contributed by atoms with Crippen molar-refractivity contribution in [1.82, 2.24) is 14.5 Å². The van der Waals surface area contributed by atoms with E-state index < -0.39 is 11.5 Å². The molecule has 0 bridgehead atoms. The number of aromatic hydroxyl groups is 1. The molecule has 0 unspecified atom stereocenters. The zero-order valence-electron chi connectivity index (χ0n) is 21.9. The summed E-state index contributed by atoms with van der Waals surface area (Å²) in [6.07, 6.45) is 3.17. The summed E-state index contributed by atoms with van der Waals surface area (Å²) in [6.45, 7) is 5.84. The Morgan fingerprint density at radius 1 is 1.08 bits per heavy atom. The topological polar surface area (TPSA) is 91.8 Å². The lowest BCUT2D eigenvalue weighted by atomic mass is 9.99. The van der Waals surface area contributed by atoms with E-state index in [0.717, 1.165) is 35.1 Å². The van der Waals surface area contributed by atoms with Crippen LogP contribution in [-0.4, -0.2) is 19.6 Å². The maximum atomic E-state index is 13.4. The van der Waals surface area contributed by atoms with E-state index in [0.29, 0.717) is 29.9 Å². The van der Waals surface area contributed by atoms with Gasteiger partial charge in [0, 0.05) is 24.1 Å². The number of halogens is 1. The van der Waals surface area contributed by atoms with Crippen LogP contribution >= 0.6 is 0 Å². The van der Waals surface area contributed by atoms with Gasteiger partial charge in [-0.1, -0.05) is 56.7 Å². The van der Waals surface area contributed by atoms with Crippen molar-refractivity contribution >= 4 is 0 Å². The second-order valence-corrected chi connectivity index (χ2v) is 9.41. The SMILES string of the molecule is CCCCc1nc(=O)c(Cc2ccc(-c3ccc(F)nc3C)cc2)c(O)n1[C@@H](CC)c1cccc(C#N)c1. The van der Waals surface area contributed by atoms with Crippen molar-refractivity contribution < 1.29 is 9.50 Å². The molecule has 0 saturated carbocycles. The van der Waals surface area contributed by atoms with E-state index in [4.69, 9.17) is 0 Å². The lowest BCUT2D eigenvalue weighted by molar-refractivity contribution is 0.368. The van der Waals surface area contributed by atoms with Gasteiger partial charge < -0.3 is 5.11 Å². The number of benzene rings is 2. The standard InChI is InChI=1S/C31H31FN4O2/c1-4-6-10-29-35-30(37)26(31(38)36(29)27(5-2)24-9-7-8-22(17-24)19-33)18-21-11-13-23(14-12-21)25-15-16-28(32)34-20(25)3/h7-9,11-17,27,38H,4-6,10,18H2,1-3H3/t27-/m0/s1. The first kappa shape index (κ1) is 26.7. The highest BCUT2D eigenvalue weighted by Crippen LogP contribution is 2.31. The maximum Gasteiger partial charge on any atom is 0.280 e. The van der Waals surface area contributed by atoms with Crippen LogP contribution in [0.1, 0.15) is 72.9 Å². The Morgan fingerprint density at radius 3 is 2.50 bits per heavy atom. The Morgan fingerprint density at radius 2 is 1.84 bits per heavy atom. The van der Waals surface area contributed by atoms with Crippen molar-refractivity contribution in [2.45, 2.75) is 58.9 Å². The molecule has 194 valence electrons. The normalized spacial score (nSPS) is 11.8. The van der Waals surface area contributed by atoms with Crippen molar-refractivity contribution in [1.29, 1.82) is 5.26 Å². The second kappa shape index (κ2) is 11.8. The Bertz CT molecular complexity index is 1540. The number of aryl methyl sites for hydroxylation is 2. The molecule has 0 aliphatic heterocycles. The van der Waals surface area contributed by atoms with Crippen molar-refractivity contribution in [3.8, 4) is 23.1 Å². The lowest BCUT2D eigenvalue weighted by Crippen LogP contribution is -2.25. The average Bonchev–Trinajstić information content (AvgIpc) is 2.92. The summed E-state index contributed by atoms with van der Waals surface area (Å²) in [5.41, 5.74) is 4.35. The summed E-state index contributed by atoms with van der Waals surface area (Å²) in [6, 6.07) is 19.8. The zero-order valence-corrected chi connectivity index (χ0v) is 21.9. The van der Waals surface area contributed by atoms with Crippen molar-refractivity contribution in [3.05, 3.63) is 111 Å². The Labute approximate surface area is 222 Å². The molecule has 0 amide bonds. The summed E-state index contributed by atoms with van der Waals surface area (Å²) in [5, 5.41) is 20.9. The summed E-state index contributed by atoms with van der Waals surface area (Å²) in [7, 11) is 0. The van der Waals surface area contributed by atoms with E-state index in [9.17, 15) is 19.6 Å². The Hall–Kier alpha value is -4.31. The highest BCUT2D eigenvalue weighted by atomic mass is 19.1. The van der Waals surface area contributed by atoms with Gasteiger partial charge in [-0.3, -0.25) is 9.36 Å². The van der Waals surface area contributed by atoms with Crippen molar-refractivity contribution in [2.24, 2.45) is 0 Å². The van der Waals surface area contributed by atoms with E-state index >= 15 is 0 Å². The molecule has 4 rings (SSSR count). The molecule has 0 spiro atoms. The van der Waals surface area contributed by atoms with Crippen LogP contribution in [0.4, 0.5) is 4.39 Å². The van der Waals surface area contributed by atoms with E-state index in [1.165, 1.54) is 6.07 Å². The minimum atomic E-state index is -0.519. The summed E-state index contributed by atoms with van der Waals surface area (Å²) < 4.78 is 15.2. The van der Waals surface area contributed by atoms with E-state index in [-0.39, 0.29) is 23.9 Å². The van der Waals surface area contributed by atoms with Gasteiger partial charge in [-0.25, -0.2) is 4.98 Å². The number of rotatable bonds is 9. The fourth-order valence-corrected chi connectivity index (χ4v) is 4.82. The first-order valence-electron chi connectivity index (χ1n) is 12.9. The number of nitriles is 1. The van der Waals surface area contributed by atoms with Crippen molar-refractivity contribution in [2.75, 3.05) is 0 Å². The number of pyridine rings is 1. The second-order valence-electron chi connectivity index (χ2n) is 9.41. The first-order valence-corrected chi connectivity index (χ1v) is 12.9. The molecule has 6 nitrogen and oxygen atoms in total. The molecule has 0 aliphatic carbocycles. The number of nitrogens with zero attached hydrogens (tertiary/aromatic N) is 4. The minimum Gasteiger partial charge on any atom is -0.494 e. The third-order valence-electron chi connectivity index (χ3n) is 6.82. The van der Waals surface area contributed by atoms with Gasteiger partial charge in [0.25, 0.3) is 5.56 Å². The Kier molecular flexibility index (Phi) is 8.32. The molecule has 0 aliphatic rings. The minimum absolute atomic E-state index is 0.0898. The van der Waals surface area contributed by atoms with Gasteiger partial charge in [-0.05, 0) is 60.7 Å². The molecule has 7 heteroatoms. The van der Waals surface area contributed by atoms with E-state index in [1.54, 1.807) is 23.6 Å². The molecular weight excluding hydrogens is 479 g/mol. The third kappa shape index (κ3) is 5.65. The van der Waals surface area contributed by atoms with Gasteiger partial charge in [0.15, 0.2) is 0 Å². The number of hydrogen-bond acceptors (Lipinski definition) is 5. The zero-order chi connectivity index (χ0) is 27.2. The molecule has 1 atom stereocenters. The fraction of sp³-hybridized carbons (Fsp3) is 0.290. The van der Waals surface area contributed by atoms with Crippen LogP contribution in [-0.2, 0) is 12.8 Å². The molecule has 4 aromatic rings. The molecule has 1 N–H and O–H groups in total. The molecule has 2 aromatic heterocycles. The molecule has 0 radical (unpaired) electrons. The molecule has 0 saturated heterocycles. The smallest absolute Gasteiger partial charge is 0.280 e. The van der Waals surface area contributed by atoms with E-state index in [1.807, 2.05) is 49.4 Å². The van der Waals surface area contributed by atoms with Gasteiger partial charge in [0.1, 0.15) is 5.82 Å². The van der Waals surface area contributed by atoms with Crippen LogP contribution in [0, 0.1) is 24.2 Å². The van der Waals surface area contributed by atoms with Crippen LogP contribution in [0.5, 0.6) is 5.88 Å². The van der Waals surface area contributed by atoms with Gasteiger partial charge in [0.2, 0.25) is 11.8 Å². The van der Waals surface area contributed by atoms with Gasteiger partial charge in [0.05, 0.1) is 23.2 Å². The monoisotopic (exact) mass is 510 g/mol. The average molecular weight is 511 g/mol. The van der Waals surface area contributed by atoms with Crippen LogP contribution in [0.2, 0.25) is 0 Å². The summed E-state index contributed by atoms with van der Waals surface area (Å²) >= 11 is 0. The number of unbranched alkanes of at least 4 members (excludes halogenated alkanes) is 1. The fourth-order valence-electron chi connectivity index (χ4n) is 4.82. The molecule has 2 aromatic carbocycles. The van der Waals surface area contributed by atoms with Crippen LogP contribution in [0.25, 0.3) is 11.1 Å². The quantitative estimate of drug-likeness (QED) is 0.268. The largest absolute Gasteiger partial charge is 0.494 e. The lowest BCUT2D eigenvalue weighted by Gasteiger charge is -2.25. The first-order chi connectivity index (χ1) is 18.4. The van der Waals surface area contributed by atoms with Gasteiger partial charge in [-0.2, -0.15) is 14.6 Å². The highest BCUT2D eigenvalue weighted by molar-refractivity contribution is 5.65. The molecule has 38 heavy (non-hydrogen) atoms.